The Bertz CT molecular complexity index is 850. The molecule has 0 radical (unpaired) electrons. The van der Waals surface area contributed by atoms with E-state index in [1.165, 1.54) is 5.06 Å². The molecule has 0 saturated heterocycles. The van der Waals surface area contributed by atoms with Crippen LogP contribution in [0.5, 0.6) is 0 Å². The Labute approximate surface area is 145 Å². The van der Waals surface area contributed by atoms with Crippen LogP contribution >= 0.6 is 24.0 Å². The average Bonchev–Trinajstić information content (AvgIpc) is 2.64. The van der Waals surface area contributed by atoms with Gasteiger partial charge < -0.3 is 0 Å². The summed E-state index contributed by atoms with van der Waals surface area (Å²) in [5, 5.41) is 14.1. The minimum atomic E-state index is -0.355. The van der Waals surface area contributed by atoms with Crippen molar-refractivity contribution in [1.82, 2.24) is 5.06 Å². The second kappa shape index (κ2) is 7.13. The number of hydrogen-bond donors (Lipinski definition) is 1. The molecular formula is C17H17Cl2N3O. The molecule has 0 fully saturated rings. The van der Waals surface area contributed by atoms with Crippen LogP contribution in [0.15, 0.2) is 58.5 Å². The van der Waals surface area contributed by atoms with Crippen LogP contribution in [0.3, 0.4) is 0 Å². The van der Waals surface area contributed by atoms with E-state index in [9.17, 15) is 5.21 Å². The number of hydroxylamine groups is 2. The first-order valence-electron chi connectivity index (χ1n) is 7.00. The molecule has 120 valence electrons. The van der Waals surface area contributed by atoms with E-state index in [0.717, 1.165) is 16.1 Å². The molecule has 3 rings (SSSR count). The zero-order chi connectivity index (χ0) is 15.7. The van der Waals surface area contributed by atoms with Gasteiger partial charge in [-0.25, -0.2) is 10.1 Å². The number of nitrogens with zero attached hydrogens (tertiary/aromatic N) is 3. The highest BCUT2D eigenvalue weighted by molar-refractivity contribution is 6.30. The first-order valence-corrected chi connectivity index (χ1v) is 7.38. The monoisotopic (exact) mass is 349 g/mol. The van der Waals surface area contributed by atoms with Gasteiger partial charge in [0.2, 0.25) is 0 Å². The number of fused-ring (bicyclic) bond motifs is 1. The second-order valence-corrected chi connectivity index (χ2v) is 5.53. The molecule has 1 aliphatic heterocycles. The molecule has 4 nitrogen and oxygen atoms in total. The van der Waals surface area contributed by atoms with Crippen LogP contribution in [0, 0.1) is 0 Å². The number of amidine groups is 1. The maximum atomic E-state index is 10.7. The second-order valence-electron chi connectivity index (χ2n) is 5.09. The summed E-state index contributed by atoms with van der Waals surface area (Å²) in [6, 6.07) is 14.8. The third kappa shape index (κ3) is 3.24. The van der Waals surface area contributed by atoms with E-state index >= 15 is 0 Å². The number of halogens is 2. The third-order valence-electron chi connectivity index (χ3n) is 3.69. The highest BCUT2D eigenvalue weighted by Gasteiger charge is 2.24. The highest BCUT2D eigenvalue weighted by atomic mass is 35.5. The van der Waals surface area contributed by atoms with Crippen LogP contribution in [0.1, 0.15) is 12.5 Å². The largest absolute Gasteiger partial charge is 0.288 e. The Balaban J connectivity index is 0.00000192. The van der Waals surface area contributed by atoms with Crippen molar-refractivity contribution in [3.8, 4) is 0 Å². The summed E-state index contributed by atoms with van der Waals surface area (Å²) in [6.07, 6.45) is 0. The summed E-state index contributed by atoms with van der Waals surface area (Å²) in [6.45, 7) is 1.86. The normalized spacial score (nSPS) is 18.8. The standard InChI is InChI=1S/C17H16ClN3O.ClH/c1-11-17(19-2)20-15-9-8-13(18)10-14(15)16(21(11)22)12-6-4-3-5-7-12;/h3-11,22H,1-2H3;1H. The van der Waals surface area contributed by atoms with Gasteiger partial charge in [-0.15, -0.1) is 12.4 Å². The van der Waals surface area contributed by atoms with Crippen molar-refractivity contribution in [3.05, 3.63) is 69.7 Å². The SMILES string of the molecule is CN=C1N=c2ccc(Cl)cc2=C(c2ccccc2)N(O)C1C.Cl. The molecule has 0 aliphatic carbocycles. The molecular weight excluding hydrogens is 333 g/mol. The number of benzene rings is 2. The summed E-state index contributed by atoms with van der Waals surface area (Å²) in [5.74, 6) is 0.567. The van der Waals surface area contributed by atoms with Gasteiger partial charge in [-0.1, -0.05) is 41.9 Å². The molecule has 6 heteroatoms. The molecule has 1 atom stereocenters. The van der Waals surface area contributed by atoms with Crippen LogP contribution in [0.2, 0.25) is 5.02 Å². The van der Waals surface area contributed by atoms with Crippen molar-refractivity contribution in [2.45, 2.75) is 13.0 Å². The van der Waals surface area contributed by atoms with Crippen LogP contribution in [0.4, 0.5) is 0 Å². The topological polar surface area (TPSA) is 48.2 Å². The Morgan fingerprint density at radius 1 is 1.17 bits per heavy atom. The molecule has 0 bridgehead atoms. The van der Waals surface area contributed by atoms with Gasteiger partial charge in [-0.2, -0.15) is 0 Å². The summed E-state index contributed by atoms with van der Waals surface area (Å²) < 4.78 is 0. The summed E-state index contributed by atoms with van der Waals surface area (Å²) in [7, 11) is 1.67. The minimum absolute atomic E-state index is 0. The predicted octanol–water partition coefficient (Wildman–Crippen LogP) is 2.66. The molecule has 2 aromatic rings. The molecule has 0 aromatic heterocycles. The van der Waals surface area contributed by atoms with E-state index in [-0.39, 0.29) is 18.4 Å². The maximum absolute atomic E-state index is 10.7. The van der Waals surface area contributed by atoms with Crippen molar-refractivity contribution >= 4 is 35.5 Å². The molecule has 1 unspecified atom stereocenters. The molecule has 1 heterocycles. The number of aliphatic imine (C=N–C) groups is 1. The fourth-order valence-corrected chi connectivity index (χ4v) is 2.73. The minimum Gasteiger partial charge on any atom is -0.288 e. The fraction of sp³-hybridized carbons (Fsp3) is 0.176. The molecule has 0 amide bonds. The van der Waals surface area contributed by atoms with Crippen molar-refractivity contribution in [2.24, 2.45) is 9.98 Å². The quantitative estimate of drug-likeness (QED) is 0.860. The summed E-state index contributed by atoms with van der Waals surface area (Å²) in [4.78, 5) is 8.77. The van der Waals surface area contributed by atoms with Gasteiger partial charge in [0.1, 0.15) is 11.9 Å². The lowest BCUT2D eigenvalue weighted by Gasteiger charge is -2.25. The van der Waals surface area contributed by atoms with Crippen LogP contribution in [-0.4, -0.2) is 29.2 Å². The molecule has 1 N–H and O–H groups in total. The van der Waals surface area contributed by atoms with Crippen molar-refractivity contribution < 1.29 is 5.21 Å². The van der Waals surface area contributed by atoms with Crippen molar-refractivity contribution in [3.63, 3.8) is 0 Å². The lowest BCUT2D eigenvalue weighted by atomic mass is 10.1. The van der Waals surface area contributed by atoms with Gasteiger partial charge in [-0.3, -0.25) is 10.2 Å². The highest BCUT2D eigenvalue weighted by Crippen LogP contribution is 2.19. The fourth-order valence-electron chi connectivity index (χ4n) is 2.56. The van der Waals surface area contributed by atoms with Gasteiger partial charge in [-0.05, 0) is 25.1 Å². The van der Waals surface area contributed by atoms with E-state index in [0.29, 0.717) is 16.6 Å². The number of hydrogen-bond acceptors (Lipinski definition) is 3. The zero-order valence-corrected chi connectivity index (χ0v) is 14.3. The zero-order valence-electron chi connectivity index (χ0n) is 12.8. The lowest BCUT2D eigenvalue weighted by molar-refractivity contribution is -0.0405. The van der Waals surface area contributed by atoms with Crippen molar-refractivity contribution in [2.75, 3.05) is 7.05 Å². The molecule has 2 aromatic carbocycles. The first kappa shape index (κ1) is 17.5. The van der Waals surface area contributed by atoms with Gasteiger partial charge >= 0.3 is 0 Å². The van der Waals surface area contributed by atoms with Crippen molar-refractivity contribution in [1.29, 1.82) is 0 Å². The van der Waals surface area contributed by atoms with Crippen LogP contribution < -0.4 is 10.6 Å². The molecule has 23 heavy (non-hydrogen) atoms. The van der Waals surface area contributed by atoms with Gasteiger partial charge in [0.25, 0.3) is 0 Å². The lowest BCUT2D eigenvalue weighted by Crippen LogP contribution is -2.36. The Hall–Kier alpha value is -1.88. The Morgan fingerprint density at radius 3 is 2.52 bits per heavy atom. The van der Waals surface area contributed by atoms with Gasteiger partial charge in [0.15, 0.2) is 0 Å². The molecule has 1 aliphatic rings. The van der Waals surface area contributed by atoms with Crippen LogP contribution in [0.25, 0.3) is 5.70 Å². The van der Waals surface area contributed by atoms with Gasteiger partial charge in [0, 0.05) is 22.9 Å². The van der Waals surface area contributed by atoms with E-state index in [2.05, 4.69) is 9.98 Å². The molecule has 0 saturated carbocycles. The summed E-state index contributed by atoms with van der Waals surface area (Å²) in [5.41, 5.74) is 1.57. The third-order valence-corrected chi connectivity index (χ3v) is 3.93. The smallest absolute Gasteiger partial charge is 0.148 e. The van der Waals surface area contributed by atoms with Crippen LogP contribution in [-0.2, 0) is 0 Å². The van der Waals surface area contributed by atoms with E-state index in [1.54, 1.807) is 13.1 Å². The Morgan fingerprint density at radius 2 is 1.87 bits per heavy atom. The number of rotatable bonds is 1. The average molecular weight is 350 g/mol. The molecule has 0 spiro atoms. The van der Waals surface area contributed by atoms with Gasteiger partial charge in [0.05, 0.1) is 11.1 Å². The van der Waals surface area contributed by atoms with E-state index in [1.807, 2.05) is 49.4 Å². The van der Waals surface area contributed by atoms with E-state index < -0.39 is 0 Å². The van der Waals surface area contributed by atoms with E-state index in [4.69, 9.17) is 11.6 Å². The first-order chi connectivity index (χ1) is 10.6. The predicted molar refractivity (Wildman–Crippen MR) is 94.9 cm³/mol. The summed E-state index contributed by atoms with van der Waals surface area (Å²) >= 11 is 6.15. The maximum Gasteiger partial charge on any atom is 0.148 e. The Kier molecular flexibility index (Phi) is 5.42.